The third-order valence-electron chi connectivity index (χ3n) is 5.48. The van der Waals surface area contributed by atoms with Gasteiger partial charge in [-0.3, -0.25) is 4.79 Å². The molecule has 2 amide bonds. The Morgan fingerprint density at radius 2 is 1.77 bits per heavy atom. The topological polar surface area (TPSA) is 91.4 Å². The zero-order chi connectivity index (χ0) is 22.9. The van der Waals surface area contributed by atoms with Gasteiger partial charge < -0.3 is 18.9 Å². The van der Waals surface area contributed by atoms with Gasteiger partial charge in [-0.25, -0.2) is 14.5 Å². The van der Waals surface area contributed by atoms with Gasteiger partial charge in [0, 0.05) is 0 Å². The first-order valence-electron chi connectivity index (χ1n) is 10.4. The molecule has 0 aliphatic carbocycles. The van der Waals surface area contributed by atoms with Crippen molar-refractivity contribution in [2.24, 2.45) is 11.8 Å². The Hall–Kier alpha value is -3.03. The van der Waals surface area contributed by atoms with E-state index in [-0.39, 0.29) is 24.2 Å². The van der Waals surface area contributed by atoms with E-state index in [1.54, 1.807) is 52.1 Å². The van der Waals surface area contributed by atoms with E-state index in [2.05, 4.69) is 0 Å². The maximum Gasteiger partial charge on any atom is 0.417 e. The molecule has 1 aromatic carbocycles. The van der Waals surface area contributed by atoms with Crippen LogP contribution < -0.4 is 4.74 Å². The number of carbonyl (C=O) groups excluding carboxylic acids is 3. The van der Waals surface area contributed by atoms with E-state index < -0.39 is 36.0 Å². The fraction of sp³-hybridized carbons (Fsp3) is 0.522. The fourth-order valence-corrected chi connectivity index (χ4v) is 3.88. The molecule has 1 fully saturated rings. The second kappa shape index (κ2) is 8.99. The quantitative estimate of drug-likeness (QED) is 0.636. The van der Waals surface area contributed by atoms with Crippen molar-refractivity contribution in [3.63, 3.8) is 0 Å². The second-order valence-corrected chi connectivity index (χ2v) is 8.31. The molecule has 0 unspecified atom stereocenters. The van der Waals surface area contributed by atoms with Crippen LogP contribution >= 0.6 is 0 Å². The van der Waals surface area contributed by atoms with Crippen LogP contribution in [0.5, 0.6) is 5.75 Å². The number of allylic oxidation sites excluding steroid dienone is 1. The molecule has 1 aromatic rings. The summed E-state index contributed by atoms with van der Waals surface area (Å²) in [6, 6.07) is 6.63. The van der Waals surface area contributed by atoms with E-state index in [9.17, 15) is 14.4 Å². The summed E-state index contributed by atoms with van der Waals surface area (Å²) in [4.78, 5) is 40.2. The number of nitrogens with zero attached hydrogens (tertiary/aromatic N) is 1. The number of hydrogen-bond donors (Lipinski definition) is 0. The molecule has 0 radical (unpaired) electrons. The number of amides is 2. The highest BCUT2D eigenvalue weighted by Crippen LogP contribution is 2.44. The summed E-state index contributed by atoms with van der Waals surface area (Å²) >= 11 is 0. The maximum absolute atomic E-state index is 13.7. The number of methoxy groups -OCH3 is 1. The maximum atomic E-state index is 13.7. The first-order chi connectivity index (χ1) is 14.6. The minimum Gasteiger partial charge on any atom is -0.497 e. The van der Waals surface area contributed by atoms with Crippen LogP contribution in [0.4, 0.5) is 4.79 Å². The molecule has 0 spiro atoms. The fourth-order valence-electron chi connectivity index (χ4n) is 3.88. The summed E-state index contributed by atoms with van der Waals surface area (Å²) in [7, 11) is 1.56. The number of esters is 1. The van der Waals surface area contributed by atoms with Crippen LogP contribution in [0.3, 0.4) is 0 Å². The average Bonchev–Trinajstić information content (AvgIpc) is 3.27. The van der Waals surface area contributed by atoms with Crippen LogP contribution in [0.2, 0.25) is 0 Å². The van der Waals surface area contributed by atoms with E-state index in [0.717, 1.165) is 4.90 Å². The monoisotopic (exact) mass is 431 g/mol. The van der Waals surface area contributed by atoms with Crippen molar-refractivity contribution in [2.75, 3.05) is 13.7 Å². The molecule has 2 aliphatic rings. The van der Waals surface area contributed by atoms with Crippen molar-refractivity contribution in [1.82, 2.24) is 4.90 Å². The summed E-state index contributed by atoms with van der Waals surface area (Å²) in [6.07, 6.45) is -1.86. The molecule has 3 rings (SSSR count). The third-order valence-corrected chi connectivity index (χ3v) is 5.48. The Labute approximate surface area is 182 Å². The zero-order valence-electron chi connectivity index (χ0n) is 18.7. The predicted molar refractivity (Wildman–Crippen MR) is 111 cm³/mol. The number of ether oxygens (including phenoxy) is 4. The molecule has 3 atom stereocenters. The normalized spacial score (nSPS) is 23.3. The van der Waals surface area contributed by atoms with Crippen LogP contribution in [0, 0.1) is 11.8 Å². The van der Waals surface area contributed by atoms with E-state index in [1.807, 2.05) is 13.8 Å². The Morgan fingerprint density at radius 3 is 2.32 bits per heavy atom. The Kier molecular flexibility index (Phi) is 6.57. The molecule has 2 aliphatic heterocycles. The minimum atomic E-state index is -1.04. The molecule has 8 nitrogen and oxygen atoms in total. The lowest BCUT2D eigenvalue weighted by molar-refractivity contribution is -0.146. The van der Waals surface area contributed by atoms with Crippen LogP contribution in [-0.2, 0) is 23.8 Å². The van der Waals surface area contributed by atoms with Gasteiger partial charge in [-0.1, -0.05) is 26.0 Å². The van der Waals surface area contributed by atoms with Gasteiger partial charge in [-0.15, -0.1) is 0 Å². The number of rotatable bonds is 6. The summed E-state index contributed by atoms with van der Waals surface area (Å²) in [5, 5.41) is 0. The predicted octanol–water partition coefficient (Wildman–Crippen LogP) is 3.61. The standard InChI is InChI=1S/C23H29NO7/c1-12(2)17-11-29-23(27)24(17)21(25)19-18(22(26)30-13(3)4)14(5)31-20(19)15-7-9-16(28-6)10-8-15/h7-10,12-13,17,19-20H,11H2,1-6H3/t17-,19-,20+/m1/s1. The van der Waals surface area contributed by atoms with Crippen molar-refractivity contribution < 1.29 is 33.3 Å². The average molecular weight is 431 g/mol. The van der Waals surface area contributed by atoms with Crippen molar-refractivity contribution in [3.05, 3.63) is 41.2 Å². The highest BCUT2D eigenvalue weighted by Gasteiger charge is 2.51. The summed E-state index contributed by atoms with van der Waals surface area (Å²) in [5.41, 5.74) is 0.807. The van der Waals surface area contributed by atoms with Gasteiger partial charge in [-0.2, -0.15) is 0 Å². The van der Waals surface area contributed by atoms with Crippen LogP contribution in [0.25, 0.3) is 0 Å². The van der Waals surface area contributed by atoms with Gasteiger partial charge in [0.1, 0.15) is 30.1 Å². The van der Waals surface area contributed by atoms with Gasteiger partial charge >= 0.3 is 12.1 Å². The van der Waals surface area contributed by atoms with Crippen molar-refractivity contribution >= 4 is 18.0 Å². The van der Waals surface area contributed by atoms with Gasteiger partial charge in [-0.05, 0) is 44.4 Å². The highest BCUT2D eigenvalue weighted by molar-refractivity contribution is 6.03. The van der Waals surface area contributed by atoms with Gasteiger partial charge in [0.2, 0.25) is 5.91 Å². The van der Waals surface area contributed by atoms with Crippen molar-refractivity contribution in [3.8, 4) is 5.75 Å². The van der Waals surface area contributed by atoms with Crippen LogP contribution in [0.1, 0.15) is 46.3 Å². The molecule has 168 valence electrons. The van der Waals surface area contributed by atoms with E-state index in [4.69, 9.17) is 18.9 Å². The number of carbonyl (C=O) groups is 3. The van der Waals surface area contributed by atoms with Crippen LogP contribution in [0.15, 0.2) is 35.6 Å². The SMILES string of the molecule is COc1ccc([C@@H]2OC(C)=C(C(=O)OC(C)C)[C@H]2C(=O)N2C(=O)OC[C@@H]2C(C)C)cc1. The van der Waals surface area contributed by atoms with Crippen molar-refractivity contribution in [1.29, 1.82) is 0 Å². The Bertz CT molecular complexity index is 888. The lowest BCUT2D eigenvalue weighted by atomic mass is 9.88. The zero-order valence-corrected chi connectivity index (χ0v) is 18.7. The molecular formula is C23H29NO7. The number of benzene rings is 1. The van der Waals surface area contributed by atoms with E-state index >= 15 is 0 Å². The second-order valence-electron chi connectivity index (χ2n) is 8.31. The van der Waals surface area contributed by atoms with Gasteiger partial charge in [0.25, 0.3) is 0 Å². The van der Waals surface area contributed by atoms with E-state index in [0.29, 0.717) is 17.1 Å². The summed E-state index contributed by atoms with van der Waals surface area (Å²) in [5.74, 6) is -1.25. The largest absolute Gasteiger partial charge is 0.497 e. The molecule has 8 heteroatoms. The smallest absolute Gasteiger partial charge is 0.417 e. The molecular weight excluding hydrogens is 402 g/mol. The molecule has 0 bridgehead atoms. The molecule has 31 heavy (non-hydrogen) atoms. The Balaban J connectivity index is 2.03. The van der Waals surface area contributed by atoms with Crippen LogP contribution in [-0.4, -0.2) is 48.7 Å². The number of hydrogen-bond acceptors (Lipinski definition) is 7. The molecule has 2 heterocycles. The molecule has 1 saturated heterocycles. The van der Waals surface area contributed by atoms with Crippen molar-refractivity contribution in [2.45, 2.75) is 52.9 Å². The Morgan fingerprint density at radius 1 is 1.13 bits per heavy atom. The number of cyclic esters (lactones) is 1. The minimum absolute atomic E-state index is 0.00620. The third kappa shape index (κ3) is 4.38. The first kappa shape index (κ1) is 22.7. The summed E-state index contributed by atoms with van der Waals surface area (Å²) < 4.78 is 21.7. The lowest BCUT2D eigenvalue weighted by Gasteiger charge is -2.28. The molecule has 0 saturated carbocycles. The van der Waals surface area contributed by atoms with Gasteiger partial charge in [0.15, 0.2) is 0 Å². The first-order valence-corrected chi connectivity index (χ1v) is 10.4. The van der Waals surface area contributed by atoms with Gasteiger partial charge in [0.05, 0.1) is 24.8 Å². The number of imide groups is 1. The van der Waals surface area contributed by atoms with E-state index in [1.165, 1.54) is 0 Å². The summed E-state index contributed by atoms with van der Waals surface area (Å²) in [6.45, 7) is 9.03. The lowest BCUT2D eigenvalue weighted by Crippen LogP contribution is -2.46. The molecule has 0 N–H and O–H groups in total. The highest BCUT2D eigenvalue weighted by atomic mass is 16.6. The molecule has 0 aromatic heterocycles.